The molecule has 1 saturated carbocycles. The topological polar surface area (TPSA) is 49.4 Å². The van der Waals surface area contributed by atoms with Crippen LogP contribution in [0.15, 0.2) is 24.3 Å². The molecule has 7 heteroatoms. The number of halogens is 2. The van der Waals surface area contributed by atoms with Gasteiger partial charge in [-0.05, 0) is 25.0 Å². The molecule has 2 aliphatic rings. The van der Waals surface area contributed by atoms with Gasteiger partial charge in [-0.3, -0.25) is 4.48 Å². The molecule has 0 bridgehead atoms. The van der Waals surface area contributed by atoms with Gasteiger partial charge in [-0.1, -0.05) is 0 Å². The zero-order valence-corrected chi connectivity index (χ0v) is 15.1. The van der Waals surface area contributed by atoms with Crippen LogP contribution in [0.2, 0.25) is 0 Å². The highest BCUT2D eigenvalue weighted by Gasteiger charge is 2.37. The number of hydrogen-bond acceptors (Lipinski definition) is 2. The van der Waals surface area contributed by atoms with Gasteiger partial charge in [0, 0.05) is 31.0 Å². The number of carbonyl (C=O) groups excluding carboxylic acids is 2. The number of benzene rings is 1. The lowest BCUT2D eigenvalue weighted by Crippen LogP contribution is -2.63. The maximum Gasteiger partial charge on any atom is 0.318 e. The molecule has 0 radical (unpaired) electrons. The number of rotatable bonds is 6. The van der Waals surface area contributed by atoms with Gasteiger partial charge in [0.05, 0.1) is 19.6 Å². The number of hydrogen-bond donors (Lipinski definition) is 1. The molecule has 1 aliphatic carbocycles. The van der Waals surface area contributed by atoms with Crippen molar-refractivity contribution in [3.63, 3.8) is 0 Å². The molecule has 25 heavy (non-hydrogen) atoms. The van der Waals surface area contributed by atoms with Crippen molar-refractivity contribution in [2.24, 2.45) is 0 Å². The molecule has 0 spiro atoms. The minimum absolute atomic E-state index is 0. The molecule has 0 aromatic heterocycles. The van der Waals surface area contributed by atoms with Gasteiger partial charge < -0.3 is 15.0 Å². The molecule has 2 fully saturated rings. The summed E-state index contributed by atoms with van der Waals surface area (Å²) in [5, 5.41) is 3.03. The smallest absolute Gasteiger partial charge is 0.318 e. The molecular weight excluding hydrogens is 345 g/mol. The van der Waals surface area contributed by atoms with E-state index in [-0.39, 0.29) is 24.3 Å². The molecule has 1 aromatic rings. The van der Waals surface area contributed by atoms with Gasteiger partial charge in [0.25, 0.3) is 0 Å². The van der Waals surface area contributed by atoms with Crippen molar-refractivity contribution in [1.82, 2.24) is 14.7 Å². The fourth-order valence-electron chi connectivity index (χ4n) is 3.39. The predicted molar refractivity (Wildman–Crippen MR) is 98.5 cm³/mol. The van der Waals surface area contributed by atoms with Crippen LogP contribution < -0.4 is 9.80 Å². The van der Waals surface area contributed by atoms with Crippen LogP contribution in [0.5, 0.6) is 0 Å². The molecular formula is C18H26ClFN3O2+. The van der Waals surface area contributed by atoms with Gasteiger partial charge in [0.2, 0.25) is 0 Å². The second kappa shape index (κ2) is 8.63. The van der Waals surface area contributed by atoms with Gasteiger partial charge in [0.15, 0.2) is 0 Å². The van der Waals surface area contributed by atoms with Crippen LogP contribution in [0.4, 0.5) is 14.9 Å². The van der Waals surface area contributed by atoms with E-state index in [4.69, 9.17) is 0 Å². The Morgan fingerprint density at radius 1 is 1.24 bits per heavy atom. The zero-order valence-electron chi connectivity index (χ0n) is 14.3. The largest absolute Gasteiger partial charge is 0.335 e. The fraction of sp³-hybridized carbons (Fsp3) is 0.556. The van der Waals surface area contributed by atoms with Crippen LogP contribution >= 0.6 is 12.4 Å². The summed E-state index contributed by atoms with van der Waals surface area (Å²) in [5.74, 6) is -0.243. The van der Waals surface area contributed by atoms with E-state index in [1.165, 1.54) is 12.1 Å². The SMILES string of the molecule is Cl.O=CCCC[N+]1(c2ccc(F)cc2)CCN(C(=O)NC2CC2)CC1. The van der Waals surface area contributed by atoms with E-state index in [2.05, 4.69) is 5.32 Å². The van der Waals surface area contributed by atoms with Crippen LogP contribution in [-0.2, 0) is 4.79 Å². The summed E-state index contributed by atoms with van der Waals surface area (Å²) in [5.41, 5.74) is 1.06. The van der Waals surface area contributed by atoms with Gasteiger partial charge in [-0.15, -0.1) is 12.4 Å². The van der Waals surface area contributed by atoms with Gasteiger partial charge >= 0.3 is 6.03 Å². The van der Waals surface area contributed by atoms with Crippen molar-refractivity contribution < 1.29 is 14.0 Å². The lowest BCUT2D eigenvalue weighted by Gasteiger charge is -2.44. The van der Waals surface area contributed by atoms with E-state index < -0.39 is 0 Å². The van der Waals surface area contributed by atoms with Gasteiger partial charge in [0.1, 0.15) is 30.9 Å². The second-order valence-corrected chi connectivity index (χ2v) is 6.81. The quantitative estimate of drug-likeness (QED) is 0.475. The first-order chi connectivity index (χ1) is 11.6. The third-order valence-electron chi connectivity index (χ3n) is 5.07. The maximum absolute atomic E-state index is 13.3. The summed E-state index contributed by atoms with van der Waals surface area (Å²) in [6.07, 6.45) is 4.45. The molecule has 0 unspecified atom stereocenters. The maximum atomic E-state index is 13.3. The van der Waals surface area contributed by atoms with E-state index in [0.29, 0.717) is 30.0 Å². The molecule has 1 aromatic carbocycles. The highest BCUT2D eigenvalue weighted by molar-refractivity contribution is 5.85. The zero-order chi connectivity index (χ0) is 17.0. The number of urea groups is 1. The minimum Gasteiger partial charge on any atom is -0.335 e. The van der Waals surface area contributed by atoms with E-state index in [1.54, 1.807) is 0 Å². The normalized spacial score (nSPS) is 19.0. The summed E-state index contributed by atoms with van der Waals surface area (Å²) >= 11 is 0. The first kappa shape index (κ1) is 19.7. The van der Waals surface area contributed by atoms with E-state index in [0.717, 1.165) is 50.9 Å². The van der Waals surface area contributed by atoms with Crippen molar-refractivity contribution >= 4 is 30.4 Å². The van der Waals surface area contributed by atoms with Crippen LogP contribution in [0.1, 0.15) is 25.7 Å². The summed E-state index contributed by atoms with van der Waals surface area (Å²) in [6.45, 7) is 3.78. The first-order valence-corrected chi connectivity index (χ1v) is 8.74. The summed E-state index contributed by atoms with van der Waals surface area (Å²) in [6, 6.07) is 7.03. The minimum atomic E-state index is -0.243. The molecule has 1 heterocycles. The summed E-state index contributed by atoms with van der Waals surface area (Å²) < 4.78 is 14.0. The van der Waals surface area contributed by atoms with E-state index >= 15 is 0 Å². The van der Waals surface area contributed by atoms with E-state index in [9.17, 15) is 14.0 Å². The number of nitrogens with zero attached hydrogens (tertiary/aromatic N) is 2. The molecule has 3 rings (SSSR count). The summed E-state index contributed by atoms with van der Waals surface area (Å²) in [7, 11) is 0. The van der Waals surface area contributed by atoms with Crippen LogP contribution in [0, 0.1) is 5.82 Å². The molecule has 1 aliphatic heterocycles. The second-order valence-electron chi connectivity index (χ2n) is 6.81. The van der Waals surface area contributed by atoms with Gasteiger partial charge in [-0.2, -0.15) is 0 Å². The predicted octanol–water partition coefficient (Wildman–Crippen LogP) is 2.72. The van der Waals surface area contributed by atoms with Crippen molar-refractivity contribution in [2.75, 3.05) is 32.7 Å². The Kier molecular flexibility index (Phi) is 6.79. The van der Waals surface area contributed by atoms with Crippen LogP contribution in [0.3, 0.4) is 0 Å². The Bertz CT molecular complexity index is 584. The Morgan fingerprint density at radius 2 is 1.88 bits per heavy atom. The average molecular weight is 371 g/mol. The fourth-order valence-corrected chi connectivity index (χ4v) is 3.39. The highest BCUT2D eigenvalue weighted by Crippen LogP contribution is 2.27. The highest BCUT2D eigenvalue weighted by atomic mass is 35.5. The number of quaternary nitrogens is 1. The monoisotopic (exact) mass is 370 g/mol. The van der Waals surface area contributed by atoms with Crippen molar-refractivity contribution in [2.45, 2.75) is 31.7 Å². The lowest BCUT2D eigenvalue weighted by molar-refractivity contribution is -0.108. The van der Waals surface area contributed by atoms with Crippen molar-refractivity contribution in [3.05, 3.63) is 30.1 Å². The molecule has 1 N–H and O–H groups in total. The molecule has 1 saturated heterocycles. The van der Waals surface area contributed by atoms with Crippen molar-refractivity contribution in [3.8, 4) is 0 Å². The Morgan fingerprint density at radius 3 is 2.44 bits per heavy atom. The Labute approximate surface area is 154 Å². The van der Waals surface area contributed by atoms with Gasteiger partial charge in [-0.25, -0.2) is 9.18 Å². The molecule has 138 valence electrons. The third-order valence-corrected chi connectivity index (χ3v) is 5.07. The molecule has 0 atom stereocenters. The Balaban J connectivity index is 0.00000225. The lowest BCUT2D eigenvalue weighted by atomic mass is 10.1. The van der Waals surface area contributed by atoms with E-state index in [1.807, 2.05) is 17.0 Å². The number of aldehydes is 1. The Hall–Kier alpha value is -1.66. The van der Waals surface area contributed by atoms with Crippen LogP contribution in [0.25, 0.3) is 0 Å². The summed E-state index contributed by atoms with van der Waals surface area (Å²) in [4.78, 5) is 24.8. The average Bonchev–Trinajstić information content (AvgIpc) is 3.40. The number of unbranched alkanes of at least 4 members (excludes halogenated alkanes) is 1. The number of nitrogens with one attached hydrogen (secondary N) is 1. The third kappa shape index (κ3) is 4.92. The first-order valence-electron chi connectivity index (χ1n) is 8.74. The number of amides is 2. The van der Waals surface area contributed by atoms with Crippen LogP contribution in [-0.4, -0.2) is 56.0 Å². The van der Waals surface area contributed by atoms with Crippen molar-refractivity contribution in [1.29, 1.82) is 0 Å². The number of carbonyl (C=O) groups is 2. The standard InChI is InChI=1S/C18H24FN3O2.ClH/c19-15-3-7-17(8-4-15)22(11-1-2-14-23)12-9-21(10-13-22)18(24)20-16-5-6-16;/h3-4,7-8,14,16H,1-2,5-6,9-13H2;1H/p+1. The molecule has 2 amide bonds. The number of piperazine rings is 1. The molecule has 5 nitrogen and oxygen atoms in total.